The van der Waals surface area contributed by atoms with E-state index in [0.717, 1.165) is 16.5 Å². The lowest BCUT2D eigenvalue weighted by Crippen LogP contribution is -2.19. The third-order valence-electron chi connectivity index (χ3n) is 2.67. The lowest BCUT2D eigenvalue weighted by molar-refractivity contribution is 0.487. The second kappa shape index (κ2) is 4.76. The molecule has 0 radical (unpaired) electrons. The number of aromatic amines is 1. The van der Waals surface area contributed by atoms with E-state index in [0.29, 0.717) is 12.5 Å². The molecule has 0 aliphatic heterocycles. The smallest absolute Gasteiger partial charge is 0.141 e. The normalized spacial score (nSPS) is 13.2. The molecule has 5 heteroatoms. The fraction of sp³-hybridized carbons (Fsp3) is 0.455. The molecule has 16 heavy (non-hydrogen) atoms. The lowest BCUT2D eigenvalue weighted by Gasteiger charge is -2.15. The Bertz CT molecular complexity index is 433. The largest absolute Gasteiger partial charge is 0.340 e. The van der Waals surface area contributed by atoms with Gasteiger partial charge in [0.15, 0.2) is 0 Å². The van der Waals surface area contributed by atoms with Crippen LogP contribution in [-0.2, 0) is 0 Å². The molecule has 86 valence electrons. The molecule has 0 saturated carbocycles. The van der Waals surface area contributed by atoms with Crippen LogP contribution in [0, 0.1) is 5.92 Å². The summed E-state index contributed by atoms with van der Waals surface area (Å²) in [6.45, 7) is 4.93. The third-order valence-corrected chi connectivity index (χ3v) is 3.47. The van der Waals surface area contributed by atoms with Gasteiger partial charge in [-0.15, -0.1) is 11.3 Å². The summed E-state index contributed by atoms with van der Waals surface area (Å²) in [5.41, 5.74) is 6.74. The number of aromatic nitrogens is 3. The Morgan fingerprint density at radius 1 is 1.44 bits per heavy atom. The maximum atomic E-state index is 5.76. The van der Waals surface area contributed by atoms with Crippen molar-refractivity contribution in [2.75, 3.05) is 6.54 Å². The summed E-state index contributed by atoms with van der Waals surface area (Å²) in [7, 11) is 0. The highest BCUT2D eigenvalue weighted by atomic mass is 32.1. The second-order valence-electron chi connectivity index (χ2n) is 4.11. The standard InChI is InChI=1S/C11H16N4S/c1-7(2)8(5-12)10-14-6-9(15-10)11-13-3-4-16-11/h3-4,6-8H,5,12H2,1-2H3,(H,14,15). The van der Waals surface area contributed by atoms with E-state index in [1.807, 2.05) is 11.6 Å². The number of H-pyrrole nitrogens is 1. The molecule has 3 N–H and O–H groups in total. The monoisotopic (exact) mass is 236 g/mol. The van der Waals surface area contributed by atoms with Gasteiger partial charge in [0.05, 0.1) is 11.9 Å². The van der Waals surface area contributed by atoms with Crippen molar-refractivity contribution in [3.05, 3.63) is 23.6 Å². The number of nitrogens with zero attached hydrogens (tertiary/aromatic N) is 2. The quantitative estimate of drug-likeness (QED) is 0.855. The minimum Gasteiger partial charge on any atom is -0.340 e. The summed E-state index contributed by atoms with van der Waals surface area (Å²) >= 11 is 1.60. The van der Waals surface area contributed by atoms with Gasteiger partial charge in [0.1, 0.15) is 10.8 Å². The molecule has 2 rings (SSSR count). The molecule has 2 heterocycles. The summed E-state index contributed by atoms with van der Waals surface area (Å²) in [5.74, 6) is 1.73. The maximum Gasteiger partial charge on any atom is 0.141 e. The fourth-order valence-electron chi connectivity index (χ4n) is 1.69. The van der Waals surface area contributed by atoms with Crippen LogP contribution >= 0.6 is 11.3 Å². The molecule has 0 aliphatic rings. The number of rotatable bonds is 4. The zero-order valence-corrected chi connectivity index (χ0v) is 10.3. The fourth-order valence-corrected chi connectivity index (χ4v) is 2.29. The minimum absolute atomic E-state index is 0.286. The zero-order valence-electron chi connectivity index (χ0n) is 9.47. The average Bonchev–Trinajstić information content (AvgIpc) is 2.86. The number of hydrogen-bond acceptors (Lipinski definition) is 4. The van der Waals surface area contributed by atoms with Crippen LogP contribution in [0.15, 0.2) is 17.8 Å². The molecule has 0 fully saturated rings. The van der Waals surface area contributed by atoms with Gasteiger partial charge in [-0.2, -0.15) is 0 Å². The van der Waals surface area contributed by atoms with Crippen molar-refractivity contribution in [1.82, 2.24) is 15.0 Å². The Kier molecular flexibility index (Phi) is 3.36. The molecule has 0 aromatic carbocycles. The molecule has 0 bridgehead atoms. The number of nitrogens with two attached hydrogens (primary N) is 1. The van der Waals surface area contributed by atoms with Crippen molar-refractivity contribution in [2.24, 2.45) is 11.7 Å². The van der Waals surface area contributed by atoms with Crippen molar-refractivity contribution in [3.63, 3.8) is 0 Å². The van der Waals surface area contributed by atoms with E-state index in [4.69, 9.17) is 5.73 Å². The van der Waals surface area contributed by atoms with Crippen LogP contribution in [-0.4, -0.2) is 21.5 Å². The van der Waals surface area contributed by atoms with Gasteiger partial charge < -0.3 is 10.7 Å². The van der Waals surface area contributed by atoms with Crippen LogP contribution in [0.4, 0.5) is 0 Å². The van der Waals surface area contributed by atoms with Crippen LogP contribution in [0.3, 0.4) is 0 Å². The first-order valence-corrected chi connectivity index (χ1v) is 6.25. The molecule has 0 amide bonds. The van der Waals surface area contributed by atoms with Gasteiger partial charge in [-0.05, 0) is 5.92 Å². The molecule has 2 aromatic rings. The Labute approximate surface area is 98.9 Å². The first-order valence-electron chi connectivity index (χ1n) is 5.37. The Balaban J connectivity index is 2.25. The lowest BCUT2D eigenvalue weighted by atomic mass is 9.95. The van der Waals surface area contributed by atoms with Crippen LogP contribution in [0.5, 0.6) is 0 Å². The van der Waals surface area contributed by atoms with Crippen molar-refractivity contribution < 1.29 is 0 Å². The van der Waals surface area contributed by atoms with Crippen molar-refractivity contribution in [1.29, 1.82) is 0 Å². The maximum absolute atomic E-state index is 5.76. The number of imidazole rings is 1. The molecule has 0 saturated heterocycles. The van der Waals surface area contributed by atoms with E-state index < -0.39 is 0 Å². The summed E-state index contributed by atoms with van der Waals surface area (Å²) in [5, 5.41) is 2.93. The predicted molar refractivity (Wildman–Crippen MR) is 66.3 cm³/mol. The van der Waals surface area contributed by atoms with Crippen LogP contribution < -0.4 is 5.73 Å². The van der Waals surface area contributed by atoms with Crippen LogP contribution in [0.25, 0.3) is 10.7 Å². The molecular formula is C11H16N4S. The number of hydrogen-bond donors (Lipinski definition) is 2. The van der Waals surface area contributed by atoms with Gasteiger partial charge in [-0.25, -0.2) is 9.97 Å². The first-order chi connectivity index (χ1) is 7.72. The molecule has 1 unspecified atom stereocenters. The Morgan fingerprint density at radius 3 is 2.81 bits per heavy atom. The number of thiazole rings is 1. The molecule has 1 atom stereocenters. The van der Waals surface area contributed by atoms with Crippen molar-refractivity contribution in [3.8, 4) is 10.7 Å². The van der Waals surface area contributed by atoms with Gasteiger partial charge >= 0.3 is 0 Å². The molecule has 0 spiro atoms. The van der Waals surface area contributed by atoms with Gasteiger partial charge in [-0.1, -0.05) is 13.8 Å². The van der Waals surface area contributed by atoms with E-state index >= 15 is 0 Å². The van der Waals surface area contributed by atoms with Crippen LogP contribution in [0.2, 0.25) is 0 Å². The molecule has 0 aliphatic carbocycles. The van der Waals surface area contributed by atoms with Gasteiger partial charge in [0.25, 0.3) is 0 Å². The van der Waals surface area contributed by atoms with E-state index in [-0.39, 0.29) is 5.92 Å². The minimum atomic E-state index is 0.286. The Morgan fingerprint density at radius 2 is 2.25 bits per heavy atom. The summed E-state index contributed by atoms with van der Waals surface area (Å²) in [6.07, 6.45) is 3.63. The highest BCUT2D eigenvalue weighted by molar-refractivity contribution is 7.13. The van der Waals surface area contributed by atoms with Gasteiger partial charge in [0.2, 0.25) is 0 Å². The van der Waals surface area contributed by atoms with E-state index in [1.54, 1.807) is 17.5 Å². The van der Waals surface area contributed by atoms with Crippen molar-refractivity contribution >= 4 is 11.3 Å². The topological polar surface area (TPSA) is 67.6 Å². The number of nitrogens with one attached hydrogen (secondary N) is 1. The summed E-state index contributed by atoms with van der Waals surface area (Å²) < 4.78 is 0. The average molecular weight is 236 g/mol. The highest BCUT2D eigenvalue weighted by Gasteiger charge is 2.17. The van der Waals surface area contributed by atoms with Crippen molar-refractivity contribution in [2.45, 2.75) is 19.8 Å². The Hall–Kier alpha value is -1.20. The van der Waals surface area contributed by atoms with Gasteiger partial charge in [0, 0.05) is 24.0 Å². The van der Waals surface area contributed by atoms with Crippen LogP contribution in [0.1, 0.15) is 25.6 Å². The predicted octanol–water partition coefficient (Wildman–Crippen LogP) is 2.23. The molecule has 2 aromatic heterocycles. The summed E-state index contributed by atoms with van der Waals surface area (Å²) in [6, 6.07) is 0. The van der Waals surface area contributed by atoms with Gasteiger partial charge in [-0.3, -0.25) is 0 Å². The van der Waals surface area contributed by atoms with E-state index in [2.05, 4.69) is 28.8 Å². The molecule has 4 nitrogen and oxygen atoms in total. The zero-order chi connectivity index (χ0) is 11.5. The first kappa shape index (κ1) is 11.3. The summed E-state index contributed by atoms with van der Waals surface area (Å²) in [4.78, 5) is 11.9. The van der Waals surface area contributed by atoms with E-state index in [1.165, 1.54) is 0 Å². The highest BCUT2D eigenvalue weighted by Crippen LogP contribution is 2.25. The molecular weight excluding hydrogens is 220 g/mol. The van der Waals surface area contributed by atoms with E-state index in [9.17, 15) is 0 Å². The second-order valence-corrected chi connectivity index (χ2v) is 5.00. The third kappa shape index (κ3) is 2.15. The SMILES string of the molecule is CC(C)C(CN)c1ncc(-c2nccs2)[nH]1.